The van der Waals surface area contributed by atoms with Gasteiger partial charge in [-0.25, -0.2) is 0 Å². The molecule has 0 aliphatic carbocycles. The Morgan fingerprint density at radius 1 is 1.37 bits per heavy atom. The molecule has 2 aromatic rings. The predicted octanol–water partition coefficient (Wildman–Crippen LogP) is -0.771. The molecule has 9 heteroatoms. The zero-order valence-electron chi connectivity index (χ0n) is 9.92. The van der Waals surface area contributed by atoms with Crippen molar-refractivity contribution in [3.05, 3.63) is 30.0 Å². The van der Waals surface area contributed by atoms with Crippen LogP contribution in [0.4, 0.5) is 0 Å². The van der Waals surface area contributed by atoms with Crippen LogP contribution in [0.3, 0.4) is 0 Å². The Morgan fingerprint density at radius 2 is 2.26 bits per heavy atom. The van der Waals surface area contributed by atoms with Gasteiger partial charge in [-0.2, -0.15) is 5.21 Å². The lowest BCUT2D eigenvalue weighted by atomic mass is 10.3. The molecule has 19 heavy (non-hydrogen) atoms. The van der Waals surface area contributed by atoms with Crippen LogP contribution in [0.1, 0.15) is 22.8 Å². The van der Waals surface area contributed by atoms with Crippen LogP contribution < -0.4 is 10.6 Å². The van der Waals surface area contributed by atoms with E-state index in [9.17, 15) is 9.59 Å². The quantitative estimate of drug-likeness (QED) is 0.629. The zero-order chi connectivity index (χ0) is 13.5. The molecule has 3 N–H and O–H groups in total. The highest BCUT2D eigenvalue weighted by Gasteiger charge is 2.09. The van der Waals surface area contributed by atoms with Crippen molar-refractivity contribution in [2.24, 2.45) is 0 Å². The van der Waals surface area contributed by atoms with E-state index in [1.807, 2.05) is 0 Å². The summed E-state index contributed by atoms with van der Waals surface area (Å²) in [5, 5.41) is 18.2. The van der Waals surface area contributed by atoms with Gasteiger partial charge in [0.25, 0.3) is 5.91 Å². The summed E-state index contributed by atoms with van der Waals surface area (Å²) in [5.41, 5.74) is 0. The van der Waals surface area contributed by atoms with Crippen molar-refractivity contribution in [2.45, 2.75) is 13.0 Å². The number of amides is 2. The van der Waals surface area contributed by atoms with Crippen LogP contribution in [0.25, 0.3) is 0 Å². The van der Waals surface area contributed by atoms with Gasteiger partial charge >= 0.3 is 0 Å². The molecule has 0 aliphatic rings. The van der Waals surface area contributed by atoms with Gasteiger partial charge in [-0.15, -0.1) is 10.2 Å². The number of rotatable bonds is 6. The number of tetrazole rings is 1. The van der Waals surface area contributed by atoms with Gasteiger partial charge in [0.05, 0.1) is 12.8 Å². The van der Waals surface area contributed by atoms with Crippen molar-refractivity contribution >= 4 is 11.8 Å². The number of hydrogen-bond acceptors (Lipinski definition) is 6. The summed E-state index contributed by atoms with van der Waals surface area (Å²) in [5.74, 6) is 0.0423. The number of carbonyl (C=O) groups is 2. The Kier molecular flexibility index (Phi) is 4.21. The number of aromatic amines is 1. The SMILES string of the molecule is O=C(CCNC(=O)c1ccco1)NCc1nn[nH]n1. The van der Waals surface area contributed by atoms with Crippen LogP contribution in [-0.2, 0) is 11.3 Å². The zero-order valence-corrected chi connectivity index (χ0v) is 9.92. The van der Waals surface area contributed by atoms with Gasteiger partial charge < -0.3 is 15.1 Å². The molecule has 0 saturated carbocycles. The van der Waals surface area contributed by atoms with Gasteiger partial charge in [0.2, 0.25) is 5.91 Å². The minimum Gasteiger partial charge on any atom is -0.459 e. The molecule has 0 fully saturated rings. The highest BCUT2D eigenvalue weighted by molar-refractivity contribution is 5.91. The third-order valence-electron chi connectivity index (χ3n) is 2.22. The summed E-state index contributed by atoms with van der Waals surface area (Å²) in [6.45, 7) is 0.416. The summed E-state index contributed by atoms with van der Waals surface area (Å²) in [6, 6.07) is 3.16. The Labute approximate surface area is 107 Å². The van der Waals surface area contributed by atoms with Crippen molar-refractivity contribution in [1.29, 1.82) is 0 Å². The van der Waals surface area contributed by atoms with Crippen LogP contribution in [0.15, 0.2) is 22.8 Å². The lowest BCUT2D eigenvalue weighted by molar-refractivity contribution is -0.121. The normalized spacial score (nSPS) is 10.1. The van der Waals surface area contributed by atoms with Gasteiger partial charge in [0.1, 0.15) is 0 Å². The summed E-state index contributed by atoms with van der Waals surface area (Å²) >= 11 is 0. The molecule has 0 spiro atoms. The van der Waals surface area contributed by atoms with Crippen LogP contribution in [-0.4, -0.2) is 39.0 Å². The van der Waals surface area contributed by atoms with Gasteiger partial charge in [0, 0.05) is 13.0 Å². The minimum atomic E-state index is -0.351. The first kappa shape index (κ1) is 12.7. The molecule has 2 rings (SSSR count). The molecule has 0 aromatic carbocycles. The van der Waals surface area contributed by atoms with E-state index in [2.05, 4.69) is 31.3 Å². The highest BCUT2D eigenvalue weighted by Crippen LogP contribution is 1.98. The molecule has 0 bridgehead atoms. The van der Waals surface area contributed by atoms with Crippen molar-refractivity contribution in [3.8, 4) is 0 Å². The smallest absolute Gasteiger partial charge is 0.286 e. The van der Waals surface area contributed by atoms with Gasteiger partial charge in [-0.1, -0.05) is 5.21 Å². The summed E-state index contributed by atoms with van der Waals surface area (Å²) in [6.07, 6.45) is 1.57. The standard InChI is InChI=1S/C10H12N6O3/c17-9(12-6-8-13-15-16-14-8)3-4-11-10(18)7-2-1-5-19-7/h1-2,5H,3-4,6H2,(H,11,18)(H,12,17)(H,13,14,15,16). The maximum atomic E-state index is 11.5. The average Bonchev–Trinajstić information content (AvgIpc) is 3.09. The summed E-state index contributed by atoms with van der Waals surface area (Å²) in [7, 11) is 0. The molecule has 2 heterocycles. The molecule has 100 valence electrons. The molecular formula is C10H12N6O3. The second kappa shape index (κ2) is 6.28. The number of furan rings is 1. The molecule has 2 amide bonds. The molecule has 0 atom stereocenters. The maximum Gasteiger partial charge on any atom is 0.286 e. The lowest BCUT2D eigenvalue weighted by Gasteiger charge is -2.03. The van der Waals surface area contributed by atoms with E-state index >= 15 is 0 Å². The Morgan fingerprint density at radius 3 is 2.95 bits per heavy atom. The van der Waals surface area contributed by atoms with E-state index in [1.165, 1.54) is 6.26 Å². The van der Waals surface area contributed by atoms with Crippen molar-refractivity contribution in [1.82, 2.24) is 31.3 Å². The highest BCUT2D eigenvalue weighted by atomic mass is 16.3. The van der Waals surface area contributed by atoms with Crippen LogP contribution >= 0.6 is 0 Å². The number of aromatic nitrogens is 4. The van der Waals surface area contributed by atoms with Crippen molar-refractivity contribution in [2.75, 3.05) is 6.54 Å². The second-order valence-corrected chi connectivity index (χ2v) is 3.59. The molecule has 0 aliphatic heterocycles. The fourth-order valence-electron chi connectivity index (χ4n) is 1.31. The van der Waals surface area contributed by atoms with E-state index in [0.717, 1.165) is 0 Å². The van der Waals surface area contributed by atoms with E-state index < -0.39 is 0 Å². The summed E-state index contributed by atoms with van der Waals surface area (Å²) < 4.78 is 4.91. The lowest BCUT2D eigenvalue weighted by Crippen LogP contribution is -2.30. The monoisotopic (exact) mass is 264 g/mol. The molecule has 2 aromatic heterocycles. The minimum absolute atomic E-state index is 0.157. The van der Waals surface area contributed by atoms with E-state index in [-0.39, 0.29) is 37.1 Å². The average molecular weight is 264 g/mol. The maximum absolute atomic E-state index is 11.5. The fourth-order valence-corrected chi connectivity index (χ4v) is 1.31. The van der Waals surface area contributed by atoms with Crippen molar-refractivity contribution < 1.29 is 14.0 Å². The summed E-state index contributed by atoms with van der Waals surface area (Å²) in [4.78, 5) is 22.9. The largest absolute Gasteiger partial charge is 0.459 e. The molecule has 0 unspecified atom stereocenters. The van der Waals surface area contributed by atoms with Crippen LogP contribution in [0.5, 0.6) is 0 Å². The third-order valence-corrected chi connectivity index (χ3v) is 2.22. The topological polar surface area (TPSA) is 126 Å². The molecule has 0 radical (unpaired) electrons. The number of nitrogens with one attached hydrogen (secondary N) is 3. The Balaban J connectivity index is 1.63. The number of hydrogen-bond donors (Lipinski definition) is 3. The van der Waals surface area contributed by atoms with Gasteiger partial charge in [-0.3, -0.25) is 9.59 Å². The number of H-pyrrole nitrogens is 1. The van der Waals surface area contributed by atoms with E-state index in [0.29, 0.717) is 5.82 Å². The number of nitrogens with zero attached hydrogens (tertiary/aromatic N) is 3. The van der Waals surface area contributed by atoms with Gasteiger partial charge in [0.15, 0.2) is 11.6 Å². The predicted molar refractivity (Wildman–Crippen MR) is 61.7 cm³/mol. The molecule has 9 nitrogen and oxygen atoms in total. The first-order valence-electron chi connectivity index (χ1n) is 5.56. The Hall–Kier alpha value is -2.71. The number of carbonyl (C=O) groups excluding carboxylic acids is 2. The van der Waals surface area contributed by atoms with Crippen LogP contribution in [0, 0.1) is 0 Å². The van der Waals surface area contributed by atoms with Crippen molar-refractivity contribution in [3.63, 3.8) is 0 Å². The first-order chi connectivity index (χ1) is 9.25. The molecular weight excluding hydrogens is 252 g/mol. The van der Waals surface area contributed by atoms with Crippen LogP contribution in [0.2, 0.25) is 0 Å². The fraction of sp³-hybridized carbons (Fsp3) is 0.300. The van der Waals surface area contributed by atoms with E-state index in [4.69, 9.17) is 4.42 Å². The second-order valence-electron chi connectivity index (χ2n) is 3.59. The van der Waals surface area contributed by atoms with Gasteiger partial charge in [-0.05, 0) is 12.1 Å². The molecule has 0 saturated heterocycles. The first-order valence-corrected chi connectivity index (χ1v) is 5.56. The Bertz CT molecular complexity index is 521. The third kappa shape index (κ3) is 3.91. The van der Waals surface area contributed by atoms with E-state index in [1.54, 1.807) is 12.1 Å².